The SMILES string of the molecule is CN1C(=N)N[C@](C)(c2cc(Br)c(-c3cncc(C#N)c3)s2)CC1=O. The minimum absolute atomic E-state index is 0.0907. The number of hydrogen-bond donors (Lipinski definition) is 2. The van der Waals surface area contributed by atoms with E-state index in [-0.39, 0.29) is 18.3 Å². The average Bonchev–Trinajstić information content (AvgIpc) is 2.95. The number of carbonyl (C=O) groups excluding carboxylic acids is 1. The molecule has 2 N–H and O–H groups in total. The summed E-state index contributed by atoms with van der Waals surface area (Å²) in [6, 6.07) is 5.83. The topological polar surface area (TPSA) is 92.9 Å². The molecule has 0 spiro atoms. The lowest BCUT2D eigenvalue weighted by atomic mass is 9.93. The van der Waals surface area contributed by atoms with Crippen LogP contribution < -0.4 is 5.32 Å². The molecule has 0 aliphatic carbocycles. The third kappa shape index (κ3) is 2.81. The van der Waals surface area contributed by atoms with E-state index in [1.165, 1.54) is 22.4 Å². The molecule has 1 aliphatic rings. The molecule has 1 saturated heterocycles. The van der Waals surface area contributed by atoms with Crippen molar-refractivity contribution < 1.29 is 4.79 Å². The highest BCUT2D eigenvalue weighted by Gasteiger charge is 2.39. The highest BCUT2D eigenvalue weighted by atomic mass is 79.9. The molecule has 24 heavy (non-hydrogen) atoms. The maximum absolute atomic E-state index is 12.1. The molecule has 0 aromatic carbocycles. The van der Waals surface area contributed by atoms with E-state index in [0.717, 1.165) is 19.8 Å². The second-order valence-electron chi connectivity index (χ2n) is 5.80. The van der Waals surface area contributed by atoms with E-state index >= 15 is 0 Å². The lowest BCUT2D eigenvalue weighted by molar-refractivity contribution is -0.129. The van der Waals surface area contributed by atoms with Crippen LogP contribution in [-0.4, -0.2) is 28.8 Å². The van der Waals surface area contributed by atoms with E-state index in [1.807, 2.05) is 13.0 Å². The first-order valence-corrected chi connectivity index (χ1v) is 8.73. The summed E-state index contributed by atoms with van der Waals surface area (Å²) in [4.78, 5) is 19.4. The first-order chi connectivity index (χ1) is 11.3. The Balaban J connectivity index is 2.01. The largest absolute Gasteiger partial charge is 0.345 e. The lowest BCUT2D eigenvalue weighted by Gasteiger charge is -2.38. The van der Waals surface area contributed by atoms with Gasteiger partial charge in [0.1, 0.15) is 6.07 Å². The Hall–Kier alpha value is -2.24. The Morgan fingerprint density at radius 3 is 2.92 bits per heavy atom. The summed E-state index contributed by atoms with van der Waals surface area (Å²) in [5.41, 5.74) is 0.705. The Kier molecular flexibility index (Phi) is 4.15. The fourth-order valence-electron chi connectivity index (χ4n) is 2.55. The molecular formula is C16H14BrN5OS. The number of nitrogens with zero attached hydrogens (tertiary/aromatic N) is 3. The van der Waals surface area contributed by atoms with Crippen molar-refractivity contribution in [3.8, 4) is 16.5 Å². The Morgan fingerprint density at radius 2 is 2.25 bits per heavy atom. The molecule has 1 amide bonds. The van der Waals surface area contributed by atoms with Gasteiger partial charge in [0.2, 0.25) is 5.91 Å². The maximum Gasteiger partial charge on any atom is 0.231 e. The first kappa shape index (κ1) is 16.6. The summed E-state index contributed by atoms with van der Waals surface area (Å²) in [6.45, 7) is 1.92. The smallest absolute Gasteiger partial charge is 0.231 e. The maximum atomic E-state index is 12.1. The summed E-state index contributed by atoms with van der Waals surface area (Å²) in [7, 11) is 1.59. The number of hydrogen-bond acceptors (Lipinski definition) is 5. The first-order valence-electron chi connectivity index (χ1n) is 7.12. The zero-order valence-corrected chi connectivity index (χ0v) is 15.5. The molecule has 0 radical (unpaired) electrons. The highest BCUT2D eigenvalue weighted by Crippen LogP contribution is 2.42. The van der Waals surface area contributed by atoms with Gasteiger partial charge in [-0.15, -0.1) is 11.3 Å². The number of nitrogens with one attached hydrogen (secondary N) is 2. The minimum atomic E-state index is -0.633. The molecule has 122 valence electrons. The van der Waals surface area contributed by atoms with Gasteiger partial charge in [0.15, 0.2) is 5.96 Å². The second-order valence-corrected chi connectivity index (χ2v) is 7.70. The van der Waals surface area contributed by atoms with Gasteiger partial charge in [-0.05, 0) is 35.0 Å². The van der Waals surface area contributed by atoms with Crippen LogP contribution >= 0.6 is 27.3 Å². The molecule has 0 unspecified atom stereocenters. The summed E-state index contributed by atoms with van der Waals surface area (Å²) < 4.78 is 0.875. The van der Waals surface area contributed by atoms with Gasteiger partial charge in [-0.1, -0.05) is 0 Å². The summed E-state index contributed by atoms with van der Waals surface area (Å²) in [5.74, 6) is -0.00608. The number of amides is 1. The third-order valence-electron chi connectivity index (χ3n) is 3.97. The number of nitriles is 1. The predicted octanol–water partition coefficient (Wildman–Crippen LogP) is 3.05. The van der Waals surface area contributed by atoms with Gasteiger partial charge in [0, 0.05) is 34.4 Å². The molecule has 1 aliphatic heterocycles. The van der Waals surface area contributed by atoms with Crippen molar-refractivity contribution in [3.63, 3.8) is 0 Å². The van der Waals surface area contributed by atoms with E-state index in [9.17, 15) is 4.79 Å². The molecule has 2 aromatic heterocycles. The molecule has 8 heteroatoms. The van der Waals surface area contributed by atoms with Crippen LogP contribution in [0.4, 0.5) is 0 Å². The fourth-order valence-corrected chi connectivity index (χ4v) is 4.53. The Labute approximate surface area is 151 Å². The van der Waals surface area contributed by atoms with Crippen molar-refractivity contribution in [2.45, 2.75) is 18.9 Å². The number of thiophene rings is 1. The number of aromatic nitrogens is 1. The van der Waals surface area contributed by atoms with Crippen molar-refractivity contribution in [2.24, 2.45) is 0 Å². The van der Waals surface area contributed by atoms with Crippen molar-refractivity contribution in [1.82, 2.24) is 15.2 Å². The molecule has 3 rings (SSSR count). The van der Waals surface area contributed by atoms with Crippen molar-refractivity contribution >= 4 is 39.1 Å². The molecule has 1 atom stereocenters. The average molecular weight is 404 g/mol. The predicted molar refractivity (Wildman–Crippen MR) is 95.6 cm³/mol. The fraction of sp³-hybridized carbons (Fsp3) is 0.250. The molecule has 0 saturated carbocycles. The second kappa shape index (κ2) is 6.00. The molecule has 6 nitrogen and oxygen atoms in total. The van der Waals surface area contributed by atoms with Crippen LogP contribution in [-0.2, 0) is 10.3 Å². The number of rotatable bonds is 2. The molecule has 3 heterocycles. The molecule has 1 fully saturated rings. The quantitative estimate of drug-likeness (QED) is 0.805. The monoisotopic (exact) mass is 403 g/mol. The third-order valence-corrected chi connectivity index (χ3v) is 6.30. The van der Waals surface area contributed by atoms with Gasteiger partial charge >= 0.3 is 0 Å². The minimum Gasteiger partial charge on any atom is -0.345 e. The Bertz CT molecular complexity index is 867. The van der Waals surface area contributed by atoms with Crippen molar-refractivity contribution in [2.75, 3.05) is 7.05 Å². The summed E-state index contributed by atoms with van der Waals surface area (Å²) in [5, 5.41) is 20.1. The Morgan fingerprint density at radius 1 is 1.50 bits per heavy atom. The van der Waals surface area contributed by atoms with E-state index < -0.39 is 5.54 Å². The summed E-state index contributed by atoms with van der Waals surface area (Å²) in [6.07, 6.45) is 3.50. The standard InChI is InChI=1S/C16H14BrN5OS/c1-16(5-13(23)22(2)15(19)21-16)12-4-11(17)14(24-12)10-3-9(6-18)7-20-8-10/h3-4,7-8H,5H2,1-2H3,(H2,19,21)/t16-/m0/s1. The molecular weight excluding hydrogens is 390 g/mol. The normalized spacial score (nSPS) is 20.7. The highest BCUT2D eigenvalue weighted by molar-refractivity contribution is 9.10. The van der Waals surface area contributed by atoms with Crippen LogP contribution in [0.2, 0.25) is 0 Å². The van der Waals surface area contributed by atoms with Crippen molar-refractivity contribution in [1.29, 1.82) is 10.7 Å². The molecule has 0 bridgehead atoms. The van der Waals surface area contributed by atoms with Crippen LogP contribution in [0.5, 0.6) is 0 Å². The van der Waals surface area contributed by atoms with E-state index in [4.69, 9.17) is 10.7 Å². The van der Waals surface area contributed by atoms with Gasteiger partial charge in [-0.3, -0.25) is 20.1 Å². The number of guanidine groups is 1. The van der Waals surface area contributed by atoms with Gasteiger partial charge < -0.3 is 5.32 Å². The van der Waals surface area contributed by atoms with Gasteiger partial charge in [0.25, 0.3) is 0 Å². The number of halogens is 1. The summed E-state index contributed by atoms with van der Waals surface area (Å²) >= 11 is 5.07. The van der Waals surface area contributed by atoms with Crippen LogP contribution in [0, 0.1) is 16.7 Å². The molecule has 2 aromatic rings. The van der Waals surface area contributed by atoms with Crippen LogP contribution in [0.3, 0.4) is 0 Å². The lowest BCUT2D eigenvalue weighted by Crippen LogP contribution is -2.57. The zero-order valence-electron chi connectivity index (χ0n) is 13.1. The van der Waals surface area contributed by atoms with Gasteiger partial charge in [-0.25, -0.2) is 0 Å². The van der Waals surface area contributed by atoms with Crippen LogP contribution in [0.25, 0.3) is 10.4 Å². The van der Waals surface area contributed by atoms with Crippen molar-refractivity contribution in [3.05, 3.63) is 39.4 Å². The number of pyridine rings is 1. The number of carbonyl (C=O) groups is 1. The van der Waals surface area contributed by atoms with E-state index in [0.29, 0.717) is 5.56 Å². The van der Waals surface area contributed by atoms with Gasteiger partial charge in [-0.2, -0.15) is 5.26 Å². The van der Waals surface area contributed by atoms with Gasteiger partial charge in [0.05, 0.1) is 22.4 Å². The van der Waals surface area contributed by atoms with E-state index in [2.05, 4.69) is 32.3 Å². The zero-order chi connectivity index (χ0) is 17.5. The van der Waals surface area contributed by atoms with E-state index in [1.54, 1.807) is 19.3 Å². The van der Waals surface area contributed by atoms with Crippen LogP contribution in [0.15, 0.2) is 29.0 Å². The van der Waals surface area contributed by atoms with Crippen LogP contribution in [0.1, 0.15) is 23.8 Å².